The Labute approximate surface area is 99.0 Å². The molecule has 2 heteroatoms. The Bertz CT molecular complexity index is 286. The number of hydrogen-bond donors (Lipinski definition) is 1. The molecule has 0 heterocycles. The lowest BCUT2D eigenvalue weighted by atomic mass is 9.84. The minimum atomic E-state index is 0.337. The lowest BCUT2D eigenvalue weighted by Gasteiger charge is -2.27. The van der Waals surface area contributed by atoms with E-state index < -0.39 is 0 Å². The largest absolute Gasteiger partial charge is 0.494 e. The second-order valence-corrected chi connectivity index (χ2v) is 4.61. The molecule has 0 spiro atoms. The number of ether oxygens (including phenoxy) is 1. The van der Waals surface area contributed by atoms with Gasteiger partial charge in [-0.1, -0.05) is 32.0 Å². The second-order valence-electron chi connectivity index (χ2n) is 4.61. The van der Waals surface area contributed by atoms with Crippen molar-refractivity contribution < 1.29 is 4.74 Å². The van der Waals surface area contributed by atoms with Gasteiger partial charge in [-0.25, -0.2) is 0 Å². The Balaban J connectivity index is 2.34. The molecule has 1 atom stereocenters. The fourth-order valence-corrected chi connectivity index (χ4v) is 1.75. The van der Waals surface area contributed by atoms with Gasteiger partial charge in [0.1, 0.15) is 5.75 Å². The normalized spacial score (nSPS) is 14.4. The standard InChI is InChI=1S/C14H23NO/c1-4-14(2,12-15-3)10-11-16-13-8-6-5-7-9-13/h5-9,15H,4,10-12H2,1-3H3. The number of nitrogens with one attached hydrogen (secondary N) is 1. The summed E-state index contributed by atoms with van der Waals surface area (Å²) in [5, 5.41) is 3.25. The molecular formula is C14H23NO. The van der Waals surface area contributed by atoms with Crippen molar-refractivity contribution in [2.45, 2.75) is 26.7 Å². The van der Waals surface area contributed by atoms with Gasteiger partial charge in [-0.3, -0.25) is 0 Å². The van der Waals surface area contributed by atoms with Crippen LogP contribution in [0.25, 0.3) is 0 Å². The summed E-state index contributed by atoms with van der Waals surface area (Å²) >= 11 is 0. The first-order valence-corrected chi connectivity index (χ1v) is 6.02. The van der Waals surface area contributed by atoms with E-state index >= 15 is 0 Å². The zero-order chi connectivity index (χ0) is 11.9. The van der Waals surface area contributed by atoms with Crippen molar-refractivity contribution >= 4 is 0 Å². The van der Waals surface area contributed by atoms with E-state index in [-0.39, 0.29) is 0 Å². The van der Waals surface area contributed by atoms with Crippen LogP contribution in [0.1, 0.15) is 26.7 Å². The summed E-state index contributed by atoms with van der Waals surface area (Å²) in [5.74, 6) is 0.963. The van der Waals surface area contributed by atoms with Crippen LogP contribution in [0, 0.1) is 5.41 Å². The fraction of sp³-hybridized carbons (Fsp3) is 0.571. The molecule has 1 rings (SSSR count). The van der Waals surface area contributed by atoms with Gasteiger partial charge >= 0.3 is 0 Å². The summed E-state index contributed by atoms with van der Waals surface area (Å²) in [6.07, 6.45) is 2.26. The van der Waals surface area contributed by atoms with E-state index in [1.54, 1.807) is 0 Å². The van der Waals surface area contributed by atoms with Crippen LogP contribution >= 0.6 is 0 Å². The smallest absolute Gasteiger partial charge is 0.119 e. The maximum atomic E-state index is 5.72. The summed E-state index contributed by atoms with van der Waals surface area (Å²) in [6.45, 7) is 6.37. The topological polar surface area (TPSA) is 21.3 Å². The molecule has 16 heavy (non-hydrogen) atoms. The van der Waals surface area contributed by atoms with Crippen LogP contribution in [-0.2, 0) is 0 Å². The quantitative estimate of drug-likeness (QED) is 0.764. The maximum Gasteiger partial charge on any atom is 0.119 e. The fourth-order valence-electron chi connectivity index (χ4n) is 1.75. The van der Waals surface area contributed by atoms with Crippen molar-refractivity contribution in [2.75, 3.05) is 20.2 Å². The first-order valence-electron chi connectivity index (χ1n) is 6.02. The van der Waals surface area contributed by atoms with E-state index in [2.05, 4.69) is 19.2 Å². The summed E-state index contributed by atoms with van der Waals surface area (Å²) in [7, 11) is 2.01. The van der Waals surface area contributed by atoms with Crippen molar-refractivity contribution in [3.05, 3.63) is 30.3 Å². The van der Waals surface area contributed by atoms with E-state index in [1.165, 1.54) is 6.42 Å². The molecule has 0 saturated heterocycles. The van der Waals surface area contributed by atoms with Crippen molar-refractivity contribution in [2.24, 2.45) is 5.41 Å². The first kappa shape index (κ1) is 13.0. The van der Waals surface area contributed by atoms with Crippen LogP contribution in [-0.4, -0.2) is 20.2 Å². The zero-order valence-corrected chi connectivity index (χ0v) is 10.6. The zero-order valence-electron chi connectivity index (χ0n) is 10.6. The molecule has 1 N–H and O–H groups in total. The van der Waals surface area contributed by atoms with Crippen LogP contribution in [0.5, 0.6) is 5.75 Å². The predicted octanol–water partition coefficient (Wildman–Crippen LogP) is 3.09. The third-order valence-corrected chi connectivity index (χ3v) is 3.17. The van der Waals surface area contributed by atoms with E-state index in [0.717, 1.165) is 25.3 Å². The van der Waals surface area contributed by atoms with Gasteiger partial charge in [0, 0.05) is 6.54 Å². The number of rotatable bonds is 7. The maximum absolute atomic E-state index is 5.72. The summed E-state index contributed by atoms with van der Waals surface area (Å²) in [5.41, 5.74) is 0.337. The number of para-hydroxylation sites is 1. The monoisotopic (exact) mass is 221 g/mol. The minimum Gasteiger partial charge on any atom is -0.494 e. The molecule has 2 nitrogen and oxygen atoms in total. The molecule has 1 aromatic rings. The third kappa shape index (κ3) is 4.23. The predicted molar refractivity (Wildman–Crippen MR) is 68.9 cm³/mol. The van der Waals surface area contributed by atoms with E-state index in [1.807, 2.05) is 37.4 Å². The molecule has 0 radical (unpaired) electrons. The van der Waals surface area contributed by atoms with E-state index in [4.69, 9.17) is 4.74 Å². The number of hydrogen-bond acceptors (Lipinski definition) is 2. The van der Waals surface area contributed by atoms with Crippen LogP contribution in [0.2, 0.25) is 0 Å². The molecule has 0 amide bonds. The van der Waals surface area contributed by atoms with Gasteiger partial charge < -0.3 is 10.1 Å². The molecule has 0 aliphatic heterocycles. The Morgan fingerprint density at radius 3 is 2.50 bits per heavy atom. The summed E-state index contributed by atoms with van der Waals surface area (Å²) in [4.78, 5) is 0. The molecule has 1 unspecified atom stereocenters. The second kappa shape index (κ2) is 6.54. The summed E-state index contributed by atoms with van der Waals surface area (Å²) in [6, 6.07) is 10.0. The Kier molecular flexibility index (Phi) is 5.33. The highest BCUT2D eigenvalue weighted by Gasteiger charge is 2.20. The average molecular weight is 221 g/mol. The molecule has 0 aliphatic rings. The van der Waals surface area contributed by atoms with E-state index in [0.29, 0.717) is 5.41 Å². The molecule has 0 aromatic heterocycles. The van der Waals surface area contributed by atoms with Crippen LogP contribution in [0.4, 0.5) is 0 Å². The molecule has 0 aliphatic carbocycles. The van der Waals surface area contributed by atoms with Gasteiger partial charge in [0.2, 0.25) is 0 Å². The lowest BCUT2D eigenvalue weighted by molar-refractivity contribution is 0.203. The van der Waals surface area contributed by atoms with Gasteiger partial charge in [-0.05, 0) is 37.4 Å². The SMILES string of the molecule is CCC(C)(CCOc1ccccc1)CNC. The van der Waals surface area contributed by atoms with Crippen LogP contribution < -0.4 is 10.1 Å². The number of benzene rings is 1. The van der Waals surface area contributed by atoms with Gasteiger partial charge in [-0.15, -0.1) is 0 Å². The minimum absolute atomic E-state index is 0.337. The molecule has 0 fully saturated rings. The molecule has 1 aromatic carbocycles. The van der Waals surface area contributed by atoms with Gasteiger partial charge in [0.05, 0.1) is 6.61 Å². The van der Waals surface area contributed by atoms with Crippen molar-refractivity contribution in [3.63, 3.8) is 0 Å². The van der Waals surface area contributed by atoms with Crippen molar-refractivity contribution in [1.29, 1.82) is 0 Å². The average Bonchev–Trinajstić information content (AvgIpc) is 2.31. The third-order valence-electron chi connectivity index (χ3n) is 3.17. The van der Waals surface area contributed by atoms with Gasteiger partial charge in [0.25, 0.3) is 0 Å². The van der Waals surface area contributed by atoms with Crippen LogP contribution in [0.3, 0.4) is 0 Å². The highest BCUT2D eigenvalue weighted by Crippen LogP contribution is 2.24. The van der Waals surface area contributed by atoms with Crippen molar-refractivity contribution in [1.82, 2.24) is 5.32 Å². The van der Waals surface area contributed by atoms with Crippen LogP contribution in [0.15, 0.2) is 30.3 Å². The van der Waals surface area contributed by atoms with E-state index in [9.17, 15) is 0 Å². The molecular weight excluding hydrogens is 198 g/mol. The highest BCUT2D eigenvalue weighted by atomic mass is 16.5. The van der Waals surface area contributed by atoms with Gasteiger partial charge in [0.15, 0.2) is 0 Å². The Morgan fingerprint density at radius 2 is 1.94 bits per heavy atom. The lowest BCUT2D eigenvalue weighted by Crippen LogP contribution is -2.30. The Hall–Kier alpha value is -1.02. The van der Waals surface area contributed by atoms with Gasteiger partial charge in [-0.2, -0.15) is 0 Å². The highest BCUT2D eigenvalue weighted by molar-refractivity contribution is 5.20. The van der Waals surface area contributed by atoms with Crippen molar-refractivity contribution in [3.8, 4) is 5.75 Å². The summed E-state index contributed by atoms with van der Waals surface area (Å²) < 4.78 is 5.72. The first-order chi connectivity index (χ1) is 7.70. The molecule has 0 bridgehead atoms. The Morgan fingerprint density at radius 1 is 1.25 bits per heavy atom. The molecule has 0 saturated carbocycles. The molecule has 90 valence electrons.